The first kappa shape index (κ1) is 18.6. The minimum atomic E-state index is -0.979. The molecule has 3 fully saturated rings. The molecule has 3 heteroatoms. The molecule has 0 heterocycles. The number of fused-ring (bicyclic) bond motifs is 5. The average Bonchev–Trinajstić information content (AvgIpc) is 2.91. The number of hydrogen-bond acceptors (Lipinski definition) is 3. The van der Waals surface area contributed by atoms with Crippen LogP contribution in [0.2, 0.25) is 0 Å². The summed E-state index contributed by atoms with van der Waals surface area (Å²) in [5, 5.41) is 24.1. The van der Waals surface area contributed by atoms with E-state index in [4.69, 9.17) is 0 Å². The Morgan fingerprint density at radius 2 is 1.64 bits per heavy atom. The lowest BCUT2D eigenvalue weighted by atomic mass is 9.44. The molecule has 0 aromatic heterocycles. The highest BCUT2D eigenvalue weighted by Gasteiger charge is 2.71. The molecule has 3 saturated carbocycles. The number of rotatable bonds is 1. The van der Waals surface area contributed by atoms with Crippen LogP contribution in [0.3, 0.4) is 0 Å². The monoisotopic (exact) mass is 380 g/mol. The number of carbonyl (C=O) groups is 1. The molecule has 0 aliphatic heterocycles. The molecule has 6 atom stereocenters. The minimum absolute atomic E-state index is 0.0291. The summed E-state index contributed by atoms with van der Waals surface area (Å²) < 4.78 is 0. The van der Waals surface area contributed by atoms with Crippen LogP contribution in [0.4, 0.5) is 0 Å². The molecule has 5 rings (SSSR count). The van der Waals surface area contributed by atoms with Gasteiger partial charge in [-0.05, 0) is 73.8 Å². The SMILES string of the molecule is C[C@]12CCC(=O)C=C1CC[C@@H]1[C@H]2CC[C@]2(C)C(O)(c3ccccc3)CC[C@@]12O. The summed E-state index contributed by atoms with van der Waals surface area (Å²) in [5.41, 5.74) is -0.0815. The Morgan fingerprint density at radius 3 is 2.39 bits per heavy atom. The fraction of sp³-hybridized carbons (Fsp3) is 0.640. The molecule has 1 aromatic rings. The number of hydrogen-bond donors (Lipinski definition) is 2. The van der Waals surface area contributed by atoms with Gasteiger partial charge in [0.1, 0.15) is 0 Å². The molecule has 0 bridgehead atoms. The second kappa shape index (κ2) is 5.79. The first-order chi connectivity index (χ1) is 13.2. The number of aliphatic hydroxyl groups is 2. The van der Waals surface area contributed by atoms with Gasteiger partial charge in [-0.1, -0.05) is 49.8 Å². The number of carbonyl (C=O) groups excluding carboxylic acids is 1. The Balaban J connectivity index is 1.56. The van der Waals surface area contributed by atoms with Crippen LogP contribution in [0.25, 0.3) is 0 Å². The van der Waals surface area contributed by atoms with Gasteiger partial charge in [0, 0.05) is 11.8 Å². The van der Waals surface area contributed by atoms with Crippen LogP contribution in [-0.2, 0) is 10.4 Å². The first-order valence-electron chi connectivity index (χ1n) is 11.0. The van der Waals surface area contributed by atoms with Crippen LogP contribution >= 0.6 is 0 Å². The van der Waals surface area contributed by atoms with E-state index in [9.17, 15) is 15.0 Å². The summed E-state index contributed by atoms with van der Waals surface area (Å²) in [6, 6.07) is 9.97. The van der Waals surface area contributed by atoms with Crippen LogP contribution in [0, 0.1) is 22.7 Å². The van der Waals surface area contributed by atoms with Gasteiger partial charge in [0.05, 0.1) is 11.2 Å². The summed E-state index contributed by atoms with van der Waals surface area (Å²) in [4.78, 5) is 12.0. The lowest BCUT2D eigenvalue weighted by Crippen LogP contribution is -2.63. The second-order valence-corrected chi connectivity index (χ2v) is 10.3. The molecule has 0 saturated heterocycles. The standard InChI is InChI=1S/C25H32O3/c1-22-12-10-19(26)16-18(22)8-9-21-20(22)11-13-23(2)24(27,14-15-25(21,23)28)17-6-4-3-5-7-17/h3-7,16,20-21,27-28H,8-15H2,1-2H3/t20-,21-,22+,23-,24?,25-/m1/s1. The molecular weight excluding hydrogens is 348 g/mol. The van der Waals surface area contributed by atoms with Crippen LogP contribution in [-0.4, -0.2) is 21.6 Å². The number of allylic oxidation sites excluding steroid dienone is 1. The molecule has 0 radical (unpaired) electrons. The summed E-state index contributed by atoms with van der Waals surface area (Å²) >= 11 is 0. The van der Waals surface area contributed by atoms with E-state index in [0.29, 0.717) is 25.2 Å². The molecule has 0 spiro atoms. The lowest BCUT2D eigenvalue weighted by Gasteiger charge is -2.62. The van der Waals surface area contributed by atoms with Crippen molar-refractivity contribution in [1.29, 1.82) is 0 Å². The normalized spacial score (nSPS) is 47.7. The maximum absolute atomic E-state index is 12.2. The molecule has 2 N–H and O–H groups in total. The van der Waals surface area contributed by atoms with E-state index in [0.717, 1.165) is 37.7 Å². The molecular formula is C25H32O3. The Kier molecular flexibility index (Phi) is 3.84. The van der Waals surface area contributed by atoms with E-state index in [-0.39, 0.29) is 17.1 Å². The Bertz CT molecular complexity index is 845. The van der Waals surface area contributed by atoms with Crippen molar-refractivity contribution in [3.05, 3.63) is 47.5 Å². The largest absolute Gasteiger partial charge is 0.389 e. The van der Waals surface area contributed by atoms with E-state index in [1.165, 1.54) is 5.57 Å². The summed E-state index contributed by atoms with van der Waals surface area (Å²) in [5.74, 6) is 0.862. The Labute approximate surface area is 167 Å². The summed E-state index contributed by atoms with van der Waals surface area (Å²) in [7, 11) is 0. The maximum atomic E-state index is 12.2. The van der Waals surface area contributed by atoms with Gasteiger partial charge in [-0.2, -0.15) is 0 Å². The lowest BCUT2D eigenvalue weighted by molar-refractivity contribution is -0.221. The predicted octanol–water partition coefficient (Wildman–Crippen LogP) is 4.52. The zero-order chi connectivity index (χ0) is 19.8. The fourth-order valence-electron chi connectivity index (χ4n) is 7.72. The molecule has 1 unspecified atom stereocenters. The molecule has 4 aliphatic carbocycles. The van der Waals surface area contributed by atoms with Crippen molar-refractivity contribution in [2.75, 3.05) is 0 Å². The van der Waals surface area contributed by atoms with Crippen LogP contribution in [0.5, 0.6) is 0 Å². The molecule has 0 amide bonds. The van der Waals surface area contributed by atoms with Gasteiger partial charge in [0.25, 0.3) is 0 Å². The fourth-order valence-corrected chi connectivity index (χ4v) is 7.72. The first-order valence-corrected chi connectivity index (χ1v) is 11.0. The van der Waals surface area contributed by atoms with Gasteiger partial charge >= 0.3 is 0 Å². The molecule has 150 valence electrons. The van der Waals surface area contributed by atoms with Crippen LogP contribution in [0.1, 0.15) is 70.8 Å². The van der Waals surface area contributed by atoms with Gasteiger partial charge in [0.2, 0.25) is 0 Å². The maximum Gasteiger partial charge on any atom is 0.155 e. The minimum Gasteiger partial charge on any atom is -0.389 e. The molecule has 1 aromatic carbocycles. The van der Waals surface area contributed by atoms with Crippen LogP contribution in [0.15, 0.2) is 42.0 Å². The van der Waals surface area contributed by atoms with Crippen LogP contribution < -0.4 is 0 Å². The van der Waals surface area contributed by atoms with Crippen molar-refractivity contribution in [2.24, 2.45) is 22.7 Å². The third-order valence-electron chi connectivity index (χ3n) is 9.54. The highest BCUT2D eigenvalue weighted by Crippen LogP contribution is 2.71. The van der Waals surface area contributed by atoms with Crippen molar-refractivity contribution in [1.82, 2.24) is 0 Å². The van der Waals surface area contributed by atoms with Crippen molar-refractivity contribution in [2.45, 2.75) is 76.4 Å². The molecule has 4 aliphatic rings. The molecule has 3 nitrogen and oxygen atoms in total. The van der Waals surface area contributed by atoms with E-state index < -0.39 is 16.6 Å². The molecule has 28 heavy (non-hydrogen) atoms. The third kappa shape index (κ3) is 2.10. The highest BCUT2D eigenvalue weighted by atomic mass is 16.3. The van der Waals surface area contributed by atoms with E-state index in [1.54, 1.807) is 0 Å². The zero-order valence-electron chi connectivity index (χ0n) is 17.1. The van der Waals surface area contributed by atoms with Gasteiger partial charge in [0.15, 0.2) is 5.78 Å². The van der Waals surface area contributed by atoms with Crippen molar-refractivity contribution in [3.63, 3.8) is 0 Å². The Hall–Kier alpha value is -1.45. The number of ketones is 1. The zero-order valence-corrected chi connectivity index (χ0v) is 17.1. The predicted molar refractivity (Wildman–Crippen MR) is 109 cm³/mol. The van der Waals surface area contributed by atoms with E-state index in [2.05, 4.69) is 13.8 Å². The van der Waals surface area contributed by atoms with E-state index >= 15 is 0 Å². The smallest absolute Gasteiger partial charge is 0.155 e. The van der Waals surface area contributed by atoms with Gasteiger partial charge < -0.3 is 10.2 Å². The van der Waals surface area contributed by atoms with Gasteiger partial charge in [-0.15, -0.1) is 0 Å². The third-order valence-corrected chi connectivity index (χ3v) is 9.54. The average molecular weight is 381 g/mol. The summed E-state index contributed by atoms with van der Waals surface area (Å²) in [6.45, 7) is 4.45. The summed E-state index contributed by atoms with van der Waals surface area (Å²) in [6.07, 6.45) is 8.40. The van der Waals surface area contributed by atoms with Crippen molar-refractivity contribution >= 4 is 5.78 Å². The van der Waals surface area contributed by atoms with Crippen molar-refractivity contribution in [3.8, 4) is 0 Å². The topological polar surface area (TPSA) is 57.5 Å². The van der Waals surface area contributed by atoms with E-state index in [1.807, 2.05) is 36.4 Å². The quantitative estimate of drug-likeness (QED) is 0.753. The highest BCUT2D eigenvalue weighted by molar-refractivity contribution is 5.91. The van der Waals surface area contributed by atoms with Gasteiger partial charge in [-0.3, -0.25) is 4.79 Å². The number of benzene rings is 1. The second-order valence-electron chi connectivity index (χ2n) is 10.3. The Morgan fingerprint density at radius 1 is 0.893 bits per heavy atom. The van der Waals surface area contributed by atoms with Gasteiger partial charge in [-0.25, -0.2) is 0 Å². The van der Waals surface area contributed by atoms with Crippen molar-refractivity contribution < 1.29 is 15.0 Å².